The molecule has 2 N–H and O–H groups in total. The van der Waals surface area contributed by atoms with E-state index < -0.39 is 12.0 Å². The lowest BCUT2D eigenvalue weighted by molar-refractivity contribution is -0.147. The van der Waals surface area contributed by atoms with Crippen LogP contribution in [-0.2, 0) is 14.3 Å². The van der Waals surface area contributed by atoms with Crippen LogP contribution in [0.15, 0.2) is 0 Å². The van der Waals surface area contributed by atoms with Gasteiger partial charge in [0, 0.05) is 19.7 Å². The first-order chi connectivity index (χ1) is 9.18. The molecule has 0 spiro atoms. The van der Waals surface area contributed by atoms with E-state index in [0.29, 0.717) is 32.2 Å². The van der Waals surface area contributed by atoms with E-state index in [4.69, 9.17) is 14.6 Å². The van der Waals surface area contributed by atoms with E-state index in [2.05, 4.69) is 5.32 Å². The maximum absolute atomic E-state index is 11.9. The largest absolute Gasteiger partial charge is 0.480 e. The third-order valence-electron chi connectivity index (χ3n) is 3.25. The molecular weight excluding hydrogens is 252 g/mol. The van der Waals surface area contributed by atoms with E-state index in [0.717, 1.165) is 6.61 Å². The number of carbonyl (C=O) groups excluding carboxylic acids is 1. The summed E-state index contributed by atoms with van der Waals surface area (Å²) in [6.45, 7) is 2.33. The monoisotopic (exact) mass is 272 g/mol. The van der Waals surface area contributed by atoms with E-state index in [-0.39, 0.29) is 12.6 Å². The van der Waals surface area contributed by atoms with Gasteiger partial charge in [-0.15, -0.1) is 0 Å². The average molecular weight is 272 g/mol. The van der Waals surface area contributed by atoms with Crippen molar-refractivity contribution in [1.82, 2.24) is 10.2 Å². The van der Waals surface area contributed by atoms with Crippen molar-refractivity contribution < 1.29 is 24.2 Å². The molecule has 7 nitrogen and oxygen atoms in total. The van der Waals surface area contributed by atoms with Gasteiger partial charge in [-0.25, -0.2) is 9.59 Å². The number of hydrogen-bond donors (Lipinski definition) is 2. The van der Waals surface area contributed by atoms with Crippen LogP contribution in [0, 0.1) is 5.92 Å². The molecule has 0 aromatic carbocycles. The highest BCUT2D eigenvalue weighted by Crippen LogP contribution is 2.28. The molecule has 0 aromatic rings. The van der Waals surface area contributed by atoms with Gasteiger partial charge in [-0.05, 0) is 18.8 Å². The lowest BCUT2D eigenvalue weighted by atomic mass is 10.2. The topological polar surface area (TPSA) is 88.1 Å². The zero-order valence-electron chi connectivity index (χ0n) is 10.8. The Balaban J connectivity index is 1.66. The maximum Gasteiger partial charge on any atom is 0.328 e. The summed E-state index contributed by atoms with van der Waals surface area (Å²) in [5.74, 6) is -0.342. The molecule has 2 aliphatic rings. The molecule has 19 heavy (non-hydrogen) atoms. The second kappa shape index (κ2) is 6.72. The Kier molecular flexibility index (Phi) is 4.98. The minimum absolute atomic E-state index is 0.0426. The number of ether oxygens (including phenoxy) is 2. The highest BCUT2D eigenvalue weighted by Gasteiger charge is 2.32. The molecule has 1 saturated carbocycles. The van der Waals surface area contributed by atoms with Gasteiger partial charge < -0.3 is 24.8 Å². The molecule has 1 atom stereocenters. The Labute approximate surface area is 111 Å². The van der Waals surface area contributed by atoms with Gasteiger partial charge in [0.25, 0.3) is 0 Å². The summed E-state index contributed by atoms with van der Waals surface area (Å²) in [6.07, 6.45) is 2.47. The van der Waals surface area contributed by atoms with Crippen molar-refractivity contribution in [2.75, 3.05) is 39.5 Å². The zero-order valence-corrected chi connectivity index (χ0v) is 10.8. The zero-order chi connectivity index (χ0) is 13.7. The molecule has 2 fully saturated rings. The normalized spacial score (nSPS) is 23.2. The predicted molar refractivity (Wildman–Crippen MR) is 65.9 cm³/mol. The Morgan fingerprint density at radius 2 is 2.21 bits per heavy atom. The third-order valence-corrected chi connectivity index (χ3v) is 3.25. The first-order valence-corrected chi connectivity index (χ1v) is 6.61. The van der Waals surface area contributed by atoms with Crippen molar-refractivity contribution in [2.24, 2.45) is 5.92 Å². The molecule has 0 bridgehead atoms. The number of nitrogens with one attached hydrogen (secondary N) is 1. The minimum atomic E-state index is -1.04. The van der Waals surface area contributed by atoms with Crippen molar-refractivity contribution >= 4 is 12.0 Å². The number of carbonyl (C=O) groups is 2. The Morgan fingerprint density at radius 1 is 1.42 bits per heavy atom. The van der Waals surface area contributed by atoms with Crippen LogP contribution in [0.4, 0.5) is 4.79 Å². The maximum atomic E-state index is 11.9. The number of urea groups is 1. The van der Waals surface area contributed by atoms with E-state index in [1.54, 1.807) is 0 Å². The fraction of sp³-hybridized carbons (Fsp3) is 0.833. The summed E-state index contributed by atoms with van der Waals surface area (Å²) in [7, 11) is 0. The van der Waals surface area contributed by atoms with E-state index in [9.17, 15) is 9.59 Å². The molecular formula is C12H20N2O5. The summed E-state index contributed by atoms with van der Waals surface area (Å²) in [5, 5.41) is 11.7. The van der Waals surface area contributed by atoms with Gasteiger partial charge in [-0.1, -0.05) is 0 Å². The number of amides is 2. The second-order valence-electron chi connectivity index (χ2n) is 4.87. The van der Waals surface area contributed by atoms with Gasteiger partial charge in [0.15, 0.2) is 6.04 Å². The van der Waals surface area contributed by atoms with Crippen LogP contribution in [0.2, 0.25) is 0 Å². The summed E-state index contributed by atoms with van der Waals surface area (Å²) in [4.78, 5) is 24.2. The fourth-order valence-electron chi connectivity index (χ4n) is 1.92. The summed E-state index contributed by atoms with van der Waals surface area (Å²) >= 11 is 0. The van der Waals surface area contributed by atoms with Gasteiger partial charge in [-0.2, -0.15) is 0 Å². The van der Waals surface area contributed by atoms with Gasteiger partial charge in [0.2, 0.25) is 0 Å². The number of nitrogens with zero attached hydrogens (tertiary/aromatic N) is 1. The smallest absolute Gasteiger partial charge is 0.328 e. The minimum Gasteiger partial charge on any atom is -0.480 e. The number of carboxylic acids is 1. The van der Waals surface area contributed by atoms with Crippen LogP contribution < -0.4 is 5.32 Å². The van der Waals surface area contributed by atoms with Crippen molar-refractivity contribution in [3.63, 3.8) is 0 Å². The van der Waals surface area contributed by atoms with Crippen molar-refractivity contribution in [3.05, 3.63) is 0 Å². The van der Waals surface area contributed by atoms with Crippen LogP contribution in [-0.4, -0.2) is 67.6 Å². The van der Waals surface area contributed by atoms with Crippen LogP contribution in [0.3, 0.4) is 0 Å². The van der Waals surface area contributed by atoms with E-state index in [1.165, 1.54) is 17.7 Å². The highest BCUT2D eigenvalue weighted by molar-refractivity contribution is 5.82. The molecule has 7 heteroatoms. The number of hydrogen-bond acceptors (Lipinski definition) is 4. The average Bonchev–Trinajstić information content (AvgIpc) is 3.22. The highest BCUT2D eigenvalue weighted by atomic mass is 16.5. The number of morpholine rings is 1. The first-order valence-electron chi connectivity index (χ1n) is 6.61. The van der Waals surface area contributed by atoms with Crippen LogP contribution >= 0.6 is 0 Å². The molecule has 108 valence electrons. The Bertz CT molecular complexity index is 332. The molecule has 1 heterocycles. The van der Waals surface area contributed by atoms with Gasteiger partial charge in [0.1, 0.15) is 0 Å². The molecule has 1 aliphatic heterocycles. The van der Waals surface area contributed by atoms with Crippen molar-refractivity contribution in [1.29, 1.82) is 0 Å². The second-order valence-corrected chi connectivity index (χ2v) is 4.87. The Hall–Kier alpha value is -1.34. The van der Waals surface area contributed by atoms with Gasteiger partial charge in [0.05, 0.1) is 19.8 Å². The third kappa shape index (κ3) is 4.36. The summed E-state index contributed by atoms with van der Waals surface area (Å²) in [5.41, 5.74) is 0. The van der Waals surface area contributed by atoms with Crippen LogP contribution in [0.5, 0.6) is 0 Å². The summed E-state index contributed by atoms with van der Waals surface area (Å²) < 4.78 is 10.5. The number of aliphatic carboxylic acids is 1. The molecule has 0 aromatic heterocycles. The van der Waals surface area contributed by atoms with Gasteiger partial charge in [-0.3, -0.25) is 0 Å². The lowest BCUT2D eigenvalue weighted by Gasteiger charge is -2.32. The fourth-order valence-corrected chi connectivity index (χ4v) is 1.92. The van der Waals surface area contributed by atoms with Crippen LogP contribution in [0.1, 0.15) is 12.8 Å². The first kappa shape index (κ1) is 14.1. The van der Waals surface area contributed by atoms with Gasteiger partial charge >= 0.3 is 12.0 Å². The number of carboxylic acid groups (broad SMARTS) is 1. The summed E-state index contributed by atoms with van der Waals surface area (Å²) in [6, 6.07) is -1.27. The molecule has 2 amide bonds. The van der Waals surface area contributed by atoms with Crippen LogP contribution in [0.25, 0.3) is 0 Å². The predicted octanol–water partition coefficient (Wildman–Crippen LogP) is -0.0920. The van der Waals surface area contributed by atoms with Crippen molar-refractivity contribution in [2.45, 2.75) is 18.9 Å². The lowest BCUT2D eigenvalue weighted by Crippen LogP contribution is -2.55. The Morgan fingerprint density at radius 3 is 2.89 bits per heavy atom. The molecule has 1 unspecified atom stereocenters. The molecule has 1 aliphatic carbocycles. The standard InChI is InChI=1S/C12H20N2O5/c15-11(16)10-8-19-6-4-14(10)12(17)13-3-5-18-7-9-1-2-9/h9-10H,1-8H2,(H,13,17)(H,15,16). The van der Waals surface area contributed by atoms with Crippen molar-refractivity contribution in [3.8, 4) is 0 Å². The molecule has 1 saturated heterocycles. The SMILES string of the molecule is O=C(O)C1COCCN1C(=O)NCCOCC1CC1. The van der Waals surface area contributed by atoms with E-state index in [1.807, 2.05) is 0 Å². The molecule has 2 rings (SSSR count). The molecule has 0 radical (unpaired) electrons. The quantitative estimate of drug-likeness (QED) is 0.660. The van der Waals surface area contributed by atoms with E-state index >= 15 is 0 Å². The number of rotatable bonds is 6.